The van der Waals surface area contributed by atoms with Crippen LogP contribution in [0, 0.1) is 5.92 Å². The highest BCUT2D eigenvalue weighted by Crippen LogP contribution is 2.11. The van der Waals surface area contributed by atoms with Crippen molar-refractivity contribution in [3.8, 4) is 0 Å². The third kappa shape index (κ3) is 5.65. The van der Waals surface area contributed by atoms with Crippen molar-refractivity contribution < 1.29 is 4.79 Å². The molecular formula is C19H26N4O. The van der Waals surface area contributed by atoms with Crippen LogP contribution in [0.25, 0.3) is 11.0 Å². The van der Waals surface area contributed by atoms with Crippen molar-refractivity contribution in [2.45, 2.75) is 46.6 Å². The molecule has 0 spiro atoms. The first kappa shape index (κ1) is 17.9. The second-order valence-electron chi connectivity index (χ2n) is 6.41. The lowest BCUT2D eigenvalue weighted by molar-refractivity contribution is -0.121. The number of rotatable bonds is 8. The molecule has 1 aromatic carbocycles. The molecule has 0 unspecified atom stereocenters. The first-order valence-corrected chi connectivity index (χ1v) is 8.40. The van der Waals surface area contributed by atoms with Gasteiger partial charge in [0.25, 0.3) is 5.91 Å². The number of para-hydroxylation sites is 2. The molecule has 128 valence electrons. The number of carbonyl (C=O) groups is 1. The average Bonchev–Trinajstić information content (AvgIpc) is 2.94. The van der Waals surface area contributed by atoms with Gasteiger partial charge >= 0.3 is 0 Å². The third-order valence-electron chi connectivity index (χ3n) is 3.84. The number of benzene rings is 1. The Morgan fingerprint density at radius 2 is 2.17 bits per heavy atom. The second-order valence-corrected chi connectivity index (χ2v) is 6.41. The minimum absolute atomic E-state index is 0.147. The molecule has 5 heteroatoms. The van der Waals surface area contributed by atoms with Crippen LogP contribution in [0.4, 0.5) is 0 Å². The van der Waals surface area contributed by atoms with Crippen molar-refractivity contribution in [1.82, 2.24) is 15.0 Å². The van der Waals surface area contributed by atoms with Gasteiger partial charge < -0.3 is 4.57 Å². The fourth-order valence-corrected chi connectivity index (χ4v) is 2.45. The van der Waals surface area contributed by atoms with Gasteiger partial charge in [-0.3, -0.25) is 4.79 Å². The summed E-state index contributed by atoms with van der Waals surface area (Å²) < 4.78 is 1.82. The number of amides is 1. The van der Waals surface area contributed by atoms with Gasteiger partial charge in [-0.05, 0) is 51.2 Å². The summed E-state index contributed by atoms with van der Waals surface area (Å²) in [6.45, 7) is 6.65. The predicted molar refractivity (Wildman–Crippen MR) is 98.8 cm³/mol. The first-order valence-electron chi connectivity index (χ1n) is 8.40. The molecule has 1 heterocycles. The quantitative estimate of drug-likeness (QED) is 0.454. The van der Waals surface area contributed by atoms with Gasteiger partial charge in [0.15, 0.2) is 0 Å². The SMILES string of the molecule is CC(C)=CCC[C@H](C)C/C=N\NC(=O)Cn1cnc2ccccc21. The summed E-state index contributed by atoms with van der Waals surface area (Å²) >= 11 is 0. The molecule has 0 bridgehead atoms. The summed E-state index contributed by atoms with van der Waals surface area (Å²) in [4.78, 5) is 16.2. The van der Waals surface area contributed by atoms with Crippen molar-refractivity contribution >= 4 is 23.2 Å². The maximum atomic E-state index is 12.0. The highest BCUT2D eigenvalue weighted by Gasteiger charge is 2.06. The molecule has 1 atom stereocenters. The Hall–Kier alpha value is -2.43. The van der Waals surface area contributed by atoms with Crippen LogP contribution in [-0.4, -0.2) is 21.7 Å². The van der Waals surface area contributed by atoms with Gasteiger partial charge in [-0.25, -0.2) is 10.4 Å². The number of hydrogen-bond acceptors (Lipinski definition) is 3. The molecule has 1 N–H and O–H groups in total. The van der Waals surface area contributed by atoms with Gasteiger partial charge in [0, 0.05) is 6.21 Å². The Morgan fingerprint density at radius 1 is 1.38 bits per heavy atom. The normalized spacial score (nSPS) is 12.5. The molecule has 1 amide bonds. The minimum Gasteiger partial charge on any atom is -0.321 e. The molecule has 0 aliphatic rings. The summed E-state index contributed by atoms with van der Waals surface area (Å²) in [5.41, 5.74) is 5.78. The van der Waals surface area contributed by atoms with E-state index in [0.717, 1.165) is 30.3 Å². The molecule has 0 saturated carbocycles. The molecule has 0 saturated heterocycles. The summed E-state index contributed by atoms with van der Waals surface area (Å²) in [6, 6.07) is 7.75. The van der Waals surface area contributed by atoms with Crippen LogP contribution in [0.5, 0.6) is 0 Å². The van der Waals surface area contributed by atoms with Crippen molar-refractivity contribution in [2.24, 2.45) is 11.0 Å². The largest absolute Gasteiger partial charge is 0.321 e. The lowest BCUT2D eigenvalue weighted by Gasteiger charge is -2.06. The number of hydrogen-bond donors (Lipinski definition) is 1. The summed E-state index contributed by atoms with van der Waals surface area (Å²) in [5.74, 6) is 0.408. The molecule has 2 aromatic rings. The molecule has 0 aliphatic heterocycles. The standard InChI is InChI=1S/C19H26N4O/c1-15(2)7-6-8-16(3)11-12-21-22-19(24)13-23-14-20-17-9-4-5-10-18(17)23/h4-5,7,9-10,12,14,16H,6,8,11,13H2,1-3H3,(H,22,24)/b21-12-/t16-/m0/s1. The number of aromatic nitrogens is 2. The Balaban J connectivity index is 1.74. The first-order chi connectivity index (χ1) is 11.6. The second kappa shape index (κ2) is 9.01. The van der Waals surface area contributed by atoms with E-state index in [1.54, 1.807) is 12.5 Å². The van der Waals surface area contributed by atoms with Crippen molar-refractivity contribution in [3.05, 3.63) is 42.2 Å². The topological polar surface area (TPSA) is 59.3 Å². The van der Waals surface area contributed by atoms with Crippen LogP contribution in [0.15, 0.2) is 47.3 Å². The Kier molecular flexibility index (Phi) is 6.73. The van der Waals surface area contributed by atoms with Crippen LogP contribution in [0.1, 0.15) is 40.0 Å². The maximum Gasteiger partial charge on any atom is 0.260 e. The number of hydrazone groups is 1. The highest BCUT2D eigenvalue weighted by molar-refractivity contribution is 5.80. The van der Waals surface area contributed by atoms with Gasteiger partial charge in [-0.1, -0.05) is 30.7 Å². The van der Waals surface area contributed by atoms with Crippen LogP contribution in [0.2, 0.25) is 0 Å². The highest BCUT2D eigenvalue weighted by atomic mass is 16.2. The van der Waals surface area contributed by atoms with E-state index >= 15 is 0 Å². The maximum absolute atomic E-state index is 12.0. The molecule has 0 radical (unpaired) electrons. The van der Waals surface area contributed by atoms with E-state index < -0.39 is 0 Å². The lowest BCUT2D eigenvalue weighted by atomic mass is 10.0. The van der Waals surface area contributed by atoms with Gasteiger partial charge in [0.05, 0.1) is 17.4 Å². The van der Waals surface area contributed by atoms with Crippen LogP contribution >= 0.6 is 0 Å². The Bertz CT molecular complexity index is 726. The summed E-state index contributed by atoms with van der Waals surface area (Å²) in [6.07, 6.45) is 8.82. The predicted octanol–water partition coefficient (Wildman–Crippen LogP) is 3.91. The van der Waals surface area contributed by atoms with E-state index in [1.807, 2.05) is 28.8 Å². The van der Waals surface area contributed by atoms with Gasteiger partial charge in [0.1, 0.15) is 6.54 Å². The van der Waals surface area contributed by atoms with E-state index in [-0.39, 0.29) is 12.5 Å². The molecule has 24 heavy (non-hydrogen) atoms. The molecule has 0 fully saturated rings. The van der Waals surface area contributed by atoms with Gasteiger partial charge in [0.2, 0.25) is 0 Å². The lowest BCUT2D eigenvalue weighted by Crippen LogP contribution is -2.22. The van der Waals surface area contributed by atoms with E-state index in [2.05, 4.69) is 42.4 Å². The molecule has 2 rings (SSSR count). The zero-order valence-corrected chi connectivity index (χ0v) is 14.7. The number of imidazole rings is 1. The number of nitrogens with one attached hydrogen (secondary N) is 1. The van der Waals surface area contributed by atoms with Gasteiger partial charge in [-0.15, -0.1) is 0 Å². The van der Waals surface area contributed by atoms with Crippen LogP contribution in [0.3, 0.4) is 0 Å². The third-order valence-corrected chi connectivity index (χ3v) is 3.84. The van der Waals surface area contributed by atoms with Gasteiger partial charge in [-0.2, -0.15) is 5.10 Å². The van der Waals surface area contributed by atoms with E-state index in [0.29, 0.717) is 5.92 Å². The number of allylic oxidation sites excluding steroid dienone is 2. The summed E-state index contributed by atoms with van der Waals surface area (Å²) in [5, 5.41) is 4.04. The molecule has 1 aromatic heterocycles. The zero-order valence-electron chi connectivity index (χ0n) is 14.7. The average molecular weight is 326 g/mol. The Labute approximate surface area is 143 Å². The molecule has 0 aliphatic carbocycles. The van der Waals surface area contributed by atoms with Crippen LogP contribution < -0.4 is 5.43 Å². The van der Waals surface area contributed by atoms with E-state index in [4.69, 9.17) is 0 Å². The van der Waals surface area contributed by atoms with Crippen molar-refractivity contribution in [1.29, 1.82) is 0 Å². The Morgan fingerprint density at radius 3 is 2.96 bits per heavy atom. The van der Waals surface area contributed by atoms with Crippen LogP contribution in [-0.2, 0) is 11.3 Å². The van der Waals surface area contributed by atoms with Crippen molar-refractivity contribution in [2.75, 3.05) is 0 Å². The fourth-order valence-electron chi connectivity index (χ4n) is 2.45. The summed E-state index contributed by atoms with van der Waals surface area (Å²) in [7, 11) is 0. The number of fused-ring (bicyclic) bond motifs is 1. The smallest absolute Gasteiger partial charge is 0.260 e. The molecule has 5 nitrogen and oxygen atoms in total. The van der Waals surface area contributed by atoms with Crippen molar-refractivity contribution in [3.63, 3.8) is 0 Å². The van der Waals surface area contributed by atoms with E-state index in [9.17, 15) is 4.79 Å². The number of carbonyl (C=O) groups excluding carboxylic acids is 1. The monoisotopic (exact) mass is 326 g/mol. The zero-order chi connectivity index (χ0) is 17.4. The van der Waals surface area contributed by atoms with E-state index in [1.165, 1.54) is 5.57 Å². The fraction of sp³-hybridized carbons (Fsp3) is 0.421. The number of nitrogens with zero attached hydrogens (tertiary/aromatic N) is 3. The minimum atomic E-state index is -0.147. The molecular weight excluding hydrogens is 300 g/mol.